The monoisotopic (exact) mass is 397 g/mol. The number of hydrogen-bond acceptors (Lipinski definition) is 6. The highest BCUT2D eigenvalue weighted by atomic mass is 16.6. The van der Waals surface area contributed by atoms with Crippen LogP contribution in [0.15, 0.2) is 30.3 Å². The minimum absolute atomic E-state index is 0.234. The second-order valence-electron chi connectivity index (χ2n) is 7.00. The highest BCUT2D eigenvalue weighted by molar-refractivity contribution is 5.92. The van der Waals surface area contributed by atoms with Gasteiger partial charge in [-0.15, -0.1) is 0 Å². The Morgan fingerprint density at radius 3 is 2.41 bits per heavy atom. The van der Waals surface area contributed by atoms with Crippen LogP contribution in [0.4, 0.5) is 10.6 Å². The van der Waals surface area contributed by atoms with Gasteiger partial charge in [0.1, 0.15) is 17.3 Å². The second kappa shape index (κ2) is 9.36. The Morgan fingerprint density at radius 1 is 1.07 bits per heavy atom. The van der Waals surface area contributed by atoms with Crippen molar-refractivity contribution in [3.8, 4) is 0 Å². The first-order chi connectivity index (χ1) is 14.0. The van der Waals surface area contributed by atoms with Crippen LogP contribution in [0.1, 0.15) is 34.4 Å². The summed E-state index contributed by atoms with van der Waals surface area (Å²) in [6, 6.07) is 9.73. The minimum Gasteiger partial charge on any atom is -0.450 e. The maximum Gasteiger partial charge on any atom is 0.409 e. The number of nitrogens with one attached hydrogen (secondary N) is 1. The van der Waals surface area contributed by atoms with Crippen molar-refractivity contribution in [2.24, 2.45) is 0 Å². The van der Waals surface area contributed by atoms with E-state index in [-0.39, 0.29) is 12.0 Å². The summed E-state index contributed by atoms with van der Waals surface area (Å²) < 4.78 is 5.05. The second-order valence-corrected chi connectivity index (χ2v) is 7.00. The molecule has 8 heteroatoms. The molecule has 0 bridgehead atoms. The van der Waals surface area contributed by atoms with Crippen LogP contribution in [0.2, 0.25) is 0 Å². The molecule has 1 N–H and O–H groups in total. The summed E-state index contributed by atoms with van der Waals surface area (Å²) in [6.07, 6.45) is -0.290. The molecule has 154 valence electrons. The van der Waals surface area contributed by atoms with Gasteiger partial charge in [-0.05, 0) is 26.3 Å². The Balaban J connectivity index is 1.63. The minimum atomic E-state index is -0.290. The largest absolute Gasteiger partial charge is 0.450 e. The molecule has 0 aliphatic carbocycles. The van der Waals surface area contributed by atoms with Gasteiger partial charge in [0.15, 0.2) is 0 Å². The molecular formula is C21H27N5O3. The predicted molar refractivity (Wildman–Crippen MR) is 110 cm³/mol. The summed E-state index contributed by atoms with van der Waals surface area (Å²) in [4.78, 5) is 37.0. The van der Waals surface area contributed by atoms with Crippen LogP contribution in [0, 0.1) is 13.8 Å². The molecule has 1 aliphatic rings. The standard InChI is InChI=1S/C21H27N5O3/c1-4-29-21(28)26-11-9-25(10-12-26)19-13-18(23-16(3)24-19)20(27)22-14-17-7-5-15(2)6-8-17/h5-8,13H,4,9-12,14H2,1-3H3,(H,22,27). The maximum absolute atomic E-state index is 12.6. The maximum atomic E-state index is 12.6. The van der Waals surface area contributed by atoms with Gasteiger partial charge in [0.2, 0.25) is 0 Å². The number of nitrogens with zero attached hydrogens (tertiary/aromatic N) is 4. The van der Waals surface area contributed by atoms with Crippen molar-refractivity contribution in [3.05, 3.63) is 53.0 Å². The Hall–Kier alpha value is -3.16. The molecule has 1 fully saturated rings. The van der Waals surface area contributed by atoms with Gasteiger partial charge in [-0.1, -0.05) is 29.8 Å². The molecule has 8 nitrogen and oxygen atoms in total. The van der Waals surface area contributed by atoms with E-state index < -0.39 is 0 Å². The van der Waals surface area contributed by atoms with E-state index in [0.29, 0.717) is 56.7 Å². The van der Waals surface area contributed by atoms with Crippen LogP contribution < -0.4 is 10.2 Å². The molecule has 1 saturated heterocycles. The molecule has 2 aromatic rings. The number of aromatic nitrogens is 2. The molecular weight excluding hydrogens is 370 g/mol. The van der Waals surface area contributed by atoms with Crippen LogP contribution in [0.25, 0.3) is 0 Å². The fourth-order valence-electron chi connectivity index (χ4n) is 3.14. The number of anilines is 1. The number of carbonyl (C=O) groups is 2. The van der Waals surface area contributed by atoms with Crippen molar-refractivity contribution in [2.45, 2.75) is 27.3 Å². The van der Waals surface area contributed by atoms with Crippen LogP contribution >= 0.6 is 0 Å². The first-order valence-electron chi connectivity index (χ1n) is 9.82. The molecule has 1 aromatic carbocycles. The summed E-state index contributed by atoms with van der Waals surface area (Å²) in [5.41, 5.74) is 2.55. The third-order valence-corrected chi connectivity index (χ3v) is 4.76. The van der Waals surface area contributed by atoms with E-state index in [1.165, 1.54) is 5.56 Å². The van der Waals surface area contributed by atoms with Gasteiger partial charge in [0.25, 0.3) is 5.91 Å². The van der Waals surface area contributed by atoms with Gasteiger partial charge in [-0.2, -0.15) is 0 Å². The summed E-state index contributed by atoms with van der Waals surface area (Å²) in [6.45, 7) is 8.76. The van der Waals surface area contributed by atoms with Gasteiger partial charge in [0, 0.05) is 38.8 Å². The van der Waals surface area contributed by atoms with Crippen molar-refractivity contribution in [2.75, 3.05) is 37.7 Å². The molecule has 0 radical (unpaired) electrons. The number of hydrogen-bond donors (Lipinski definition) is 1. The van der Waals surface area contributed by atoms with Gasteiger partial charge < -0.3 is 19.9 Å². The van der Waals surface area contributed by atoms with Crippen molar-refractivity contribution < 1.29 is 14.3 Å². The van der Waals surface area contributed by atoms with Crippen molar-refractivity contribution in [3.63, 3.8) is 0 Å². The Kier molecular flexibility index (Phi) is 6.64. The van der Waals surface area contributed by atoms with E-state index in [0.717, 1.165) is 5.56 Å². The molecule has 0 spiro atoms. The molecule has 0 saturated carbocycles. The van der Waals surface area contributed by atoms with Crippen molar-refractivity contribution >= 4 is 17.8 Å². The molecule has 1 aliphatic heterocycles. The average Bonchev–Trinajstić information content (AvgIpc) is 2.73. The first-order valence-corrected chi connectivity index (χ1v) is 9.82. The third-order valence-electron chi connectivity index (χ3n) is 4.76. The zero-order valence-corrected chi connectivity index (χ0v) is 17.1. The predicted octanol–water partition coefficient (Wildman–Crippen LogP) is 2.30. The number of benzene rings is 1. The number of piperazine rings is 1. The van der Waals surface area contributed by atoms with E-state index in [2.05, 4.69) is 20.2 Å². The first kappa shape index (κ1) is 20.6. The summed E-state index contributed by atoms with van der Waals surface area (Å²) in [5, 5.41) is 2.91. The van der Waals surface area contributed by atoms with E-state index in [4.69, 9.17) is 4.74 Å². The third kappa shape index (κ3) is 5.43. The molecule has 1 aromatic heterocycles. The highest BCUT2D eigenvalue weighted by Gasteiger charge is 2.23. The summed E-state index contributed by atoms with van der Waals surface area (Å²) in [7, 11) is 0. The quantitative estimate of drug-likeness (QED) is 0.833. The van der Waals surface area contributed by atoms with E-state index in [1.54, 1.807) is 24.8 Å². The zero-order chi connectivity index (χ0) is 20.8. The lowest BCUT2D eigenvalue weighted by molar-refractivity contribution is 0.0945. The zero-order valence-electron chi connectivity index (χ0n) is 17.1. The van der Waals surface area contributed by atoms with E-state index >= 15 is 0 Å². The molecule has 0 atom stereocenters. The Morgan fingerprint density at radius 2 is 1.76 bits per heavy atom. The normalized spacial score (nSPS) is 13.9. The lowest BCUT2D eigenvalue weighted by Crippen LogP contribution is -2.49. The van der Waals surface area contributed by atoms with Crippen LogP contribution in [-0.2, 0) is 11.3 Å². The summed E-state index contributed by atoms with van der Waals surface area (Å²) in [5.74, 6) is 1.000. The number of amides is 2. The van der Waals surface area contributed by atoms with Crippen molar-refractivity contribution in [1.82, 2.24) is 20.2 Å². The highest BCUT2D eigenvalue weighted by Crippen LogP contribution is 2.16. The number of carbonyl (C=O) groups excluding carboxylic acids is 2. The number of aryl methyl sites for hydroxylation is 2. The smallest absolute Gasteiger partial charge is 0.409 e. The fourth-order valence-corrected chi connectivity index (χ4v) is 3.14. The molecule has 2 amide bonds. The number of ether oxygens (including phenoxy) is 1. The van der Waals surface area contributed by atoms with Gasteiger partial charge in [-0.25, -0.2) is 14.8 Å². The lowest BCUT2D eigenvalue weighted by atomic mass is 10.1. The molecule has 0 unspecified atom stereocenters. The molecule has 3 rings (SSSR count). The van der Waals surface area contributed by atoms with Gasteiger partial charge in [-0.3, -0.25) is 4.79 Å². The van der Waals surface area contributed by atoms with Crippen LogP contribution in [0.5, 0.6) is 0 Å². The van der Waals surface area contributed by atoms with E-state index in [9.17, 15) is 9.59 Å². The topological polar surface area (TPSA) is 87.7 Å². The van der Waals surface area contributed by atoms with Crippen LogP contribution in [-0.4, -0.2) is 59.7 Å². The van der Waals surface area contributed by atoms with Crippen LogP contribution in [0.3, 0.4) is 0 Å². The number of rotatable bonds is 5. The lowest BCUT2D eigenvalue weighted by Gasteiger charge is -2.34. The Labute approximate surface area is 170 Å². The van der Waals surface area contributed by atoms with E-state index in [1.807, 2.05) is 31.2 Å². The average molecular weight is 397 g/mol. The molecule has 2 heterocycles. The van der Waals surface area contributed by atoms with Crippen molar-refractivity contribution in [1.29, 1.82) is 0 Å². The van der Waals surface area contributed by atoms with Gasteiger partial charge in [0.05, 0.1) is 6.61 Å². The Bertz CT molecular complexity index is 861. The van der Waals surface area contributed by atoms with Gasteiger partial charge >= 0.3 is 6.09 Å². The fraction of sp³-hybridized carbons (Fsp3) is 0.429. The summed E-state index contributed by atoms with van der Waals surface area (Å²) >= 11 is 0. The SMILES string of the molecule is CCOC(=O)N1CCN(c2cc(C(=O)NCc3ccc(C)cc3)nc(C)n2)CC1. The molecule has 29 heavy (non-hydrogen) atoms.